The zero-order valence-electron chi connectivity index (χ0n) is 12.1. The summed E-state index contributed by atoms with van der Waals surface area (Å²) in [6.45, 7) is 3.49. The molecule has 0 saturated carbocycles. The largest absolute Gasteiger partial charge is 0.512 e. The van der Waals surface area contributed by atoms with Gasteiger partial charge in [0.1, 0.15) is 0 Å². The van der Waals surface area contributed by atoms with E-state index in [0.29, 0.717) is 0 Å². The van der Waals surface area contributed by atoms with E-state index in [4.69, 9.17) is 0 Å². The molecular formula is C8H17F6N2O4S2+. The highest BCUT2D eigenvalue weighted by Gasteiger charge is 2.55. The second-order valence-corrected chi connectivity index (χ2v) is 8.60. The van der Waals surface area contributed by atoms with Crippen molar-refractivity contribution in [3.8, 4) is 0 Å². The van der Waals surface area contributed by atoms with Crippen LogP contribution < -0.4 is 4.13 Å². The predicted molar refractivity (Wildman–Crippen MR) is 66.3 cm³/mol. The second-order valence-electron chi connectivity index (χ2n) is 5.00. The zero-order chi connectivity index (χ0) is 18.6. The fourth-order valence-corrected chi connectivity index (χ4v) is 2.82. The van der Waals surface area contributed by atoms with Gasteiger partial charge in [0.25, 0.3) is 0 Å². The van der Waals surface area contributed by atoms with Crippen molar-refractivity contribution in [2.75, 3.05) is 27.7 Å². The first-order valence-electron chi connectivity index (χ1n) is 5.48. The lowest BCUT2D eigenvalue weighted by Gasteiger charge is -2.22. The van der Waals surface area contributed by atoms with Crippen LogP contribution in [0.1, 0.15) is 13.3 Å². The first-order valence-corrected chi connectivity index (χ1v) is 8.45. The van der Waals surface area contributed by atoms with Gasteiger partial charge in [-0.2, -0.15) is 26.3 Å². The van der Waals surface area contributed by atoms with Crippen LogP contribution in [0.15, 0.2) is 0 Å². The molecule has 0 saturated heterocycles. The lowest BCUT2D eigenvalue weighted by atomic mass is 10.4. The topological polar surface area (TPSA) is 80.3 Å². The summed E-state index contributed by atoms with van der Waals surface area (Å²) in [6, 6.07) is 0. The van der Waals surface area contributed by atoms with Crippen LogP contribution in [0.25, 0.3) is 0 Å². The molecule has 0 spiro atoms. The monoisotopic (exact) mass is 383 g/mol. The van der Waals surface area contributed by atoms with E-state index in [9.17, 15) is 43.2 Å². The number of nitrogens with zero attached hydrogens (tertiary/aromatic N) is 1. The maximum Gasteiger partial charge on any atom is 0.512 e. The average molecular weight is 383 g/mol. The Balaban J connectivity index is 0. The maximum atomic E-state index is 11.5. The lowest BCUT2D eigenvalue weighted by Crippen LogP contribution is -2.45. The van der Waals surface area contributed by atoms with E-state index in [2.05, 4.69) is 28.1 Å². The molecule has 1 N–H and O–H groups in total. The molecule has 0 radical (unpaired) electrons. The minimum Gasteiger partial charge on any atom is -0.331 e. The average Bonchev–Trinajstić information content (AvgIpc) is 2.10. The fraction of sp³-hybridized carbons (Fsp3) is 1.00. The molecule has 0 fully saturated rings. The SMILES string of the molecule is CCC[N+](C)(C)C.O=S(=O)(NS(=O)(=O)C(F)(F)F)C(F)(F)F. The Morgan fingerprint density at radius 1 is 0.818 bits per heavy atom. The first kappa shape index (κ1) is 23.7. The van der Waals surface area contributed by atoms with Crippen molar-refractivity contribution in [1.82, 2.24) is 4.13 Å². The van der Waals surface area contributed by atoms with E-state index < -0.39 is 35.2 Å². The van der Waals surface area contributed by atoms with Crippen molar-refractivity contribution in [2.45, 2.75) is 24.4 Å². The van der Waals surface area contributed by atoms with Gasteiger partial charge in [-0.1, -0.05) is 11.1 Å². The van der Waals surface area contributed by atoms with E-state index in [-0.39, 0.29) is 0 Å². The first-order chi connectivity index (χ1) is 9.27. The molecule has 136 valence electrons. The third-order valence-electron chi connectivity index (χ3n) is 1.72. The molecule has 0 amide bonds. The molecular weight excluding hydrogens is 366 g/mol. The number of nitrogens with one attached hydrogen (secondary N) is 1. The van der Waals surface area contributed by atoms with E-state index in [1.165, 1.54) is 13.0 Å². The summed E-state index contributed by atoms with van der Waals surface area (Å²) in [5.41, 5.74) is -12.3. The Kier molecular flexibility index (Phi) is 7.87. The normalized spacial score (nSPS) is 14.3. The number of alkyl halides is 6. The van der Waals surface area contributed by atoms with Crippen molar-refractivity contribution in [2.24, 2.45) is 0 Å². The third kappa shape index (κ3) is 8.75. The Morgan fingerprint density at radius 3 is 1.18 bits per heavy atom. The van der Waals surface area contributed by atoms with Crippen LogP contribution in [0.2, 0.25) is 0 Å². The Hall–Kier alpha value is -0.600. The molecule has 0 aromatic rings. The van der Waals surface area contributed by atoms with Gasteiger partial charge in [-0.3, -0.25) is 0 Å². The summed E-state index contributed by atoms with van der Waals surface area (Å²) < 4.78 is 109. The third-order valence-corrected chi connectivity index (χ3v) is 4.70. The molecule has 14 heteroatoms. The summed E-state index contributed by atoms with van der Waals surface area (Å²) in [7, 11) is -6.56. The summed E-state index contributed by atoms with van der Waals surface area (Å²) >= 11 is 0. The van der Waals surface area contributed by atoms with Crippen LogP contribution in [0, 0.1) is 0 Å². The predicted octanol–water partition coefficient (Wildman–Crippen LogP) is 1.38. The number of quaternary nitrogens is 1. The highest BCUT2D eigenvalue weighted by molar-refractivity contribution is 8.05. The van der Waals surface area contributed by atoms with Gasteiger partial charge in [-0.15, -0.1) is 0 Å². The summed E-state index contributed by atoms with van der Waals surface area (Å²) in [5.74, 6) is 0. The van der Waals surface area contributed by atoms with Gasteiger partial charge in [-0.05, 0) is 6.42 Å². The van der Waals surface area contributed by atoms with Crippen LogP contribution in [0.4, 0.5) is 26.3 Å². The smallest absolute Gasteiger partial charge is 0.331 e. The molecule has 22 heavy (non-hydrogen) atoms. The zero-order valence-corrected chi connectivity index (χ0v) is 13.7. The Labute approximate surface area is 124 Å². The maximum absolute atomic E-state index is 11.5. The molecule has 0 aliphatic heterocycles. The molecule has 0 unspecified atom stereocenters. The molecule has 0 aliphatic carbocycles. The van der Waals surface area contributed by atoms with Crippen LogP contribution >= 0.6 is 0 Å². The van der Waals surface area contributed by atoms with Gasteiger partial charge in [0, 0.05) is 0 Å². The van der Waals surface area contributed by atoms with E-state index in [1.807, 2.05) is 0 Å². The second kappa shape index (κ2) is 7.31. The van der Waals surface area contributed by atoms with Crippen LogP contribution in [-0.4, -0.2) is 60.0 Å². The number of hydrogen-bond donors (Lipinski definition) is 1. The number of hydrogen-bond acceptors (Lipinski definition) is 4. The quantitative estimate of drug-likeness (QED) is 0.588. The number of rotatable bonds is 4. The summed E-state index contributed by atoms with van der Waals surface area (Å²) in [6.07, 6.45) is 1.28. The molecule has 6 nitrogen and oxygen atoms in total. The van der Waals surface area contributed by atoms with Gasteiger partial charge in [0.2, 0.25) is 0 Å². The van der Waals surface area contributed by atoms with Gasteiger partial charge in [0.15, 0.2) is 0 Å². The summed E-state index contributed by atoms with van der Waals surface area (Å²) in [4.78, 5) is 0. The van der Waals surface area contributed by atoms with E-state index >= 15 is 0 Å². The van der Waals surface area contributed by atoms with Crippen LogP contribution in [0.3, 0.4) is 0 Å². The minimum atomic E-state index is -6.60. The van der Waals surface area contributed by atoms with Gasteiger partial charge < -0.3 is 4.48 Å². The van der Waals surface area contributed by atoms with Crippen molar-refractivity contribution in [3.63, 3.8) is 0 Å². The molecule has 0 aromatic heterocycles. The number of halogens is 6. The highest BCUT2D eigenvalue weighted by atomic mass is 32.3. The van der Waals surface area contributed by atoms with Crippen LogP contribution in [-0.2, 0) is 20.0 Å². The van der Waals surface area contributed by atoms with Gasteiger partial charge >= 0.3 is 31.1 Å². The van der Waals surface area contributed by atoms with Crippen LogP contribution in [0.5, 0.6) is 0 Å². The van der Waals surface area contributed by atoms with Crippen molar-refractivity contribution >= 4 is 20.0 Å². The summed E-state index contributed by atoms with van der Waals surface area (Å²) in [5, 5.41) is 0. The molecule has 0 heterocycles. The van der Waals surface area contributed by atoms with Gasteiger partial charge in [-0.25, -0.2) is 16.8 Å². The number of sulfonamides is 2. The van der Waals surface area contributed by atoms with E-state index in [0.717, 1.165) is 4.48 Å². The molecule has 0 aliphatic rings. The Morgan fingerprint density at radius 2 is 1.09 bits per heavy atom. The van der Waals surface area contributed by atoms with Crippen molar-refractivity contribution < 1.29 is 47.7 Å². The molecule has 0 aromatic carbocycles. The lowest BCUT2D eigenvalue weighted by molar-refractivity contribution is -0.870. The molecule has 0 atom stereocenters. The highest BCUT2D eigenvalue weighted by Crippen LogP contribution is 2.27. The van der Waals surface area contributed by atoms with Gasteiger partial charge in [0.05, 0.1) is 27.7 Å². The van der Waals surface area contributed by atoms with Crippen molar-refractivity contribution in [3.05, 3.63) is 0 Å². The Bertz CT molecular complexity index is 503. The van der Waals surface area contributed by atoms with Crippen molar-refractivity contribution in [1.29, 1.82) is 0 Å². The minimum absolute atomic E-state index is 0.493. The standard InChI is InChI=1S/C6H16N.C2HF6NO4S2/c1-5-6-7(2,3)4;3-1(4,5)14(10,11)9-15(12,13)2(6,7)8/h5-6H2,1-4H3;9H/q+1;. The molecule has 0 bridgehead atoms. The molecule has 0 rings (SSSR count). The van der Waals surface area contributed by atoms with E-state index in [1.54, 1.807) is 0 Å². The fourth-order valence-electron chi connectivity index (χ4n) is 0.910.